The Balaban J connectivity index is 1.59. The topological polar surface area (TPSA) is 71.6 Å². The second-order valence-electron chi connectivity index (χ2n) is 5.80. The number of furan rings is 1. The molecule has 1 aliphatic heterocycles. The van der Waals surface area contributed by atoms with E-state index in [0.29, 0.717) is 24.4 Å². The molecule has 1 aliphatic carbocycles. The minimum Gasteiger partial charge on any atom is -0.404 e. The molecule has 1 aromatic heterocycles. The van der Waals surface area contributed by atoms with Crippen molar-refractivity contribution in [3.63, 3.8) is 0 Å². The standard InChI is InChI=1S/C14H21N3O3/c18-17(19)14-7-6-13(20-14)10-16(12-4-5-12)9-11-3-1-2-8-15-11/h6-7,11-12,15H,1-5,8-10H2. The summed E-state index contributed by atoms with van der Waals surface area (Å²) in [6, 6.07) is 4.35. The average molecular weight is 279 g/mol. The molecule has 1 N–H and O–H groups in total. The molecule has 0 aromatic carbocycles. The molecule has 0 radical (unpaired) electrons. The van der Waals surface area contributed by atoms with Crippen molar-refractivity contribution in [3.05, 3.63) is 28.0 Å². The van der Waals surface area contributed by atoms with Crippen molar-refractivity contribution in [1.29, 1.82) is 0 Å². The zero-order valence-corrected chi connectivity index (χ0v) is 11.6. The number of hydrogen-bond donors (Lipinski definition) is 1. The van der Waals surface area contributed by atoms with Crippen LogP contribution < -0.4 is 5.32 Å². The number of hydrogen-bond acceptors (Lipinski definition) is 5. The van der Waals surface area contributed by atoms with E-state index in [1.165, 1.54) is 38.2 Å². The summed E-state index contributed by atoms with van der Waals surface area (Å²) in [7, 11) is 0. The van der Waals surface area contributed by atoms with Crippen LogP contribution in [-0.2, 0) is 6.54 Å². The summed E-state index contributed by atoms with van der Waals surface area (Å²) in [5, 5.41) is 14.2. The molecule has 20 heavy (non-hydrogen) atoms. The minimum absolute atomic E-state index is 0.161. The van der Waals surface area contributed by atoms with Gasteiger partial charge in [-0.05, 0) is 38.3 Å². The Morgan fingerprint density at radius 2 is 2.20 bits per heavy atom. The maximum absolute atomic E-state index is 10.7. The Labute approximate surface area is 118 Å². The molecule has 3 rings (SSSR count). The molecule has 0 amide bonds. The molecule has 6 nitrogen and oxygen atoms in total. The number of piperidine rings is 1. The molecule has 1 saturated carbocycles. The molecule has 2 heterocycles. The number of rotatable bonds is 6. The van der Waals surface area contributed by atoms with E-state index in [-0.39, 0.29) is 5.88 Å². The van der Waals surface area contributed by atoms with Crippen LogP contribution >= 0.6 is 0 Å². The van der Waals surface area contributed by atoms with Crippen molar-refractivity contribution in [2.24, 2.45) is 0 Å². The van der Waals surface area contributed by atoms with Gasteiger partial charge in [-0.2, -0.15) is 0 Å². The second kappa shape index (κ2) is 5.93. The van der Waals surface area contributed by atoms with Crippen molar-refractivity contribution < 1.29 is 9.34 Å². The molecular formula is C14H21N3O3. The minimum atomic E-state index is -0.479. The number of nitro groups is 1. The molecule has 1 aromatic rings. The van der Waals surface area contributed by atoms with Crippen molar-refractivity contribution >= 4 is 5.88 Å². The zero-order valence-electron chi connectivity index (χ0n) is 11.6. The van der Waals surface area contributed by atoms with Crippen molar-refractivity contribution in [1.82, 2.24) is 10.2 Å². The van der Waals surface area contributed by atoms with E-state index in [1.54, 1.807) is 6.07 Å². The molecule has 1 atom stereocenters. The number of nitrogens with one attached hydrogen (secondary N) is 1. The summed E-state index contributed by atoms with van der Waals surface area (Å²) in [6.07, 6.45) is 6.25. The molecular weight excluding hydrogens is 258 g/mol. The van der Waals surface area contributed by atoms with Gasteiger partial charge in [-0.3, -0.25) is 15.0 Å². The Hall–Kier alpha value is -1.40. The highest BCUT2D eigenvalue weighted by Crippen LogP contribution is 2.30. The molecule has 6 heteroatoms. The predicted octanol–water partition coefficient (Wildman–Crippen LogP) is 2.29. The van der Waals surface area contributed by atoms with Gasteiger partial charge in [0.05, 0.1) is 12.6 Å². The van der Waals surface area contributed by atoms with Crippen molar-refractivity contribution in [2.45, 2.75) is 50.7 Å². The summed E-state index contributed by atoms with van der Waals surface area (Å²) >= 11 is 0. The van der Waals surface area contributed by atoms with Crippen LogP contribution in [0.4, 0.5) is 5.88 Å². The number of nitrogens with zero attached hydrogens (tertiary/aromatic N) is 2. The van der Waals surface area contributed by atoms with Gasteiger partial charge in [0, 0.05) is 18.6 Å². The van der Waals surface area contributed by atoms with Gasteiger partial charge in [-0.25, -0.2) is 0 Å². The van der Waals surface area contributed by atoms with Crippen LogP contribution in [0.3, 0.4) is 0 Å². The Morgan fingerprint density at radius 1 is 1.35 bits per heavy atom. The van der Waals surface area contributed by atoms with Crippen LogP contribution in [0.25, 0.3) is 0 Å². The lowest BCUT2D eigenvalue weighted by atomic mass is 10.0. The molecule has 1 saturated heterocycles. The largest absolute Gasteiger partial charge is 0.433 e. The Bertz CT molecular complexity index is 464. The highest BCUT2D eigenvalue weighted by atomic mass is 16.6. The van der Waals surface area contributed by atoms with Gasteiger partial charge < -0.3 is 9.73 Å². The summed E-state index contributed by atoms with van der Waals surface area (Å²) in [4.78, 5) is 12.6. The van der Waals surface area contributed by atoms with Gasteiger partial charge in [0.1, 0.15) is 10.7 Å². The maximum atomic E-state index is 10.7. The average Bonchev–Trinajstić information content (AvgIpc) is 3.19. The molecule has 1 unspecified atom stereocenters. The molecule has 0 spiro atoms. The normalized spacial score (nSPS) is 23.1. The van der Waals surface area contributed by atoms with Crippen molar-refractivity contribution in [2.75, 3.05) is 13.1 Å². The fourth-order valence-corrected chi connectivity index (χ4v) is 2.90. The zero-order chi connectivity index (χ0) is 13.9. The molecule has 2 aliphatic rings. The summed E-state index contributed by atoms with van der Waals surface area (Å²) in [5.74, 6) is 0.533. The lowest BCUT2D eigenvalue weighted by Gasteiger charge is -2.30. The smallest absolute Gasteiger partial charge is 0.404 e. The highest BCUT2D eigenvalue weighted by Gasteiger charge is 2.31. The molecule has 2 fully saturated rings. The third-order valence-electron chi connectivity index (χ3n) is 4.12. The van der Waals surface area contributed by atoms with E-state index >= 15 is 0 Å². The second-order valence-corrected chi connectivity index (χ2v) is 5.80. The Morgan fingerprint density at radius 3 is 2.80 bits per heavy atom. The summed E-state index contributed by atoms with van der Waals surface area (Å²) < 4.78 is 5.28. The van der Waals surface area contributed by atoms with E-state index in [4.69, 9.17) is 4.42 Å². The van der Waals surface area contributed by atoms with E-state index in [1.807, 2.05) is 0 Å². The quantitative estimate of drug-likeness (QED) is 0.639. The van der Waals surface area contributed by atoms with E-state index < -0.39 is 4.92 Å². The van der Waals surface area contributed by atoms with Gasteiger partial charge in [0.2, 0.25) is 0 Å². The van der Waals surface area contributed by atoms with Gasteiger partial charge in [0.25, 0.3) is 0 Å². The van der Waals surface area contributed by atoms with E-state index in [0.717, 1.165) is 13.1 Å². The third kappa shape index (κ3) is 3.37. The lowest BCUT2D eigenvalue weighted by Crippen LogP contribution is -2.44. The van der Waals surface area contributed by atoms with Crippen LogP contribution in [0.5, 0.6) is 0 Å². The maximum Gasteiger partial charge on any atom is 0.433 e. The first kappa shape index (κ1) is 13.6. The van der Waals surface area contributed by atoms with Crippen LogP contribution in [0, 0.1) is 10.1 Å². The fourth-order valence-electron chi connectivity index (χ4n) is 2.90. The third-order valence-corrected chi connectivity index (χ3v) is 4.12. The van der Waals surface area contributed by atoms with Crippen LogP contribution in [0.15, 0.2) is 16.5 Å². The summed E-state index contributed by atoms with van der Waals surface area (Å²) in [6.45, 7) is 2.80. The predicted molar refractivity (Wildman–Crippen MR) is 74.4 cm³/mol. The monoisotopic (exact) mass is 279 g/mol. The SMILES string of the molecule is O=[N+]([O-])c1ccc(CN(CC2CCCCN2)C2CC2)o1. The first-order valence-corrected chi connectivity index (χ1v) is 7.43. The van der Waals surface area contributed by atoms with Crippen LogP contribution in [0.2, 0.25) is 0 Å². The van der Waals surface area contributed by atoms with Crippen molar-refractivity contribution in [3.8, 4) is 0 Å². The van der Waals surface area contributed by atoms with Gasteiger partial charge in [-0.1, -0.05) is 6.42 Å². The van der Waals surface area contributed by atoms with Gasteiger partial charge in [-0.15, -0.1) is 0 Å². The van der Waals surface area contributed by atoms with E-state index in [2.05, 4.69) is 10.2 Å². The first-order chi connectivity index (χ1) is 9.72. The first-order valence-electron chi connectivity index (χ1n) is 7.43. The molecule has 110 valence electrons. The summed E-state index contributed by atoms with van der Waals surface area (Å²) in [5.41, 5.74) is 0. The Kier molecular flexibility index (Phi) is 4.03. The van der Waals surface area contributed by atoms with Gasteiger partial charge in [0.15, 0.2) is 0 Å². The lowest BCUT2D eigenvalue weighted by molar-refractivity contribution is -0.402. The highest BCUT2D eigenvalue weighted by molar-refractivity contribution is 5.18. The van der Waals surface area contributed by atoms with E-state index in [9.17, 15) is 10.1 Å². The van der Waals surface area contributed by atoms with Gasteiger partial charge >= 0.3 is 5.88 Å². The fraction of sp³-hybridized carbons (Fsp3) is 0.714. The van der Waals surface area contributed by atoms with Crippen LogP contribution in [0.1, 0.15) is 37.9 Å². The molecule has 0 bridgehead atoms. The van der Waals surface area contributed by atoms with Crippen LogP contribution in [-0.4, -0.2) is 35.0 Å².